The van der Waals surface area contributed by atoms with Gasteiger partial charge in [0.25, 0.3) is 0 Å². The van der Waals surface area contributed by atoms with Gasteiger partial charge in [0.2, 0.25) is 0 Å². The summed E-state index contributed by atoms with van der Waals surface area (Å²) in [5, 5.41) is 3.69. The average molecular weight is 265 g/mol. The van der Waals surface area contributed by atoms with Gasteiger partial charge in [0.05, 0.1) is 0 Å². The van der Waals surface area contributed by atoms with Gasteiger partial charge in [-0.25, -0.2) is 0 Å². The fraction of sp³-hybridized carbons (Fsp3) is 0.368. The van der Waals surface area contributed by atoms with E-state index in [4.69, 9.17) is 0 Å². The van der Waals surface area contributed by atoms with Crippen molar-refractivity contribution in [2.45, 2.75) is 45.1 Å². The SMILES string of the molecule is CC(C)c1ccc(NC2CCc3ccccc3C2)cc1. The van der Waals surface area contributed by atoms with Crippen LogP contribution in [-0.2, 0) is 12.8 Å². The van der Waals surface area contributed by atoms with Crippen molar-refractivity contribution in [3.05, 3.63) is 65.2 Å². The van der Waals surface area contributed by atoms with Gasteiger partial charge in [-0.15, -0.1) is 0 Å². The van der Waals surface area contributed by atoms with Gasteiger partial charge in [-0.2, -0.15) is 0 Å². The third-order valence-corrected chi connectivity index (χ3v) is 4.29. The van der Waals surface area contributed by atoms with Crippen molar-refractivity contribution >= 4 is 5.69 Å². The topological polar surface area (TPSA) is 12.0 Å². The Hall–Kier alpha value is -1.76. The van der Waals surface area contributed by atoms with E-state index >= 15 is 0 Å². The van der Waals surface area contributed by atoms with Gasteiger partial charge < -0.3 is 5.32 Å². The minimum Gasteiger partial charge on any atom is -0.382 e. The van der Waals surface area contributed by atoms with Gasteiger partial charge in [-0.1, -0.05) is 50.2 Å². The molecule has 0 bridgehead atoms. The van der Waals surface area contributed by atoms with Crippen LogP contribution in [0, 0.1) is 0 Å². The molecule has 1 unspecified atom stereocenters. The van der Waals surface area contributed by atoms with Crippen LogP contribution in [0.5, 0.6) is 0 Å². The molecule has 1 atom stereocenters. The first-order valence-electron chi connectivity index (χ1n) is 7.65. The van der Waals surface area contributed by atoms with Crippen molar-refractivity contribution in [2.75, 3.05) is 5.32 Å². The van der Waals surface area contributed by atoms with E-state index in [2.05, 4.69) is 67.7 Å². The molecule has 0 fully saturated rings. The van der Waals surface area contributed by atoms with Crippen molar-refractivity contribution < 1.29 is 0 Å². The number of anilines is 1. The van der Waals surface area contributed by atoms with E-state index in [1.54, 1.807) is 0 Å². The van der Waals surface area contributed by atoms with Crippen LogP contribution in [-0.4, -0.2) is 6.04 Å². The van der Waals surface area contributed by atoms with Crippen LogP contribution < -0.4 is 5.32 Å². The van der Waals surface area contributed by atoms with Crippen LogP contribution in [0.1, 0.15) is 42.9 Å². The molecule has 1 N–H and O–H groups in total. The first-order valence-corrected chi connectivity index (χ1v) is 7.65. The highest BCUT2D eigenvalue weighted by molar-refractivity contribution is 5.47. The summed E-state index contributed by atoms with van der Waals surface area (Å²) in [7, 11) is 0. The molecule has 0 amide bonds. The fourth-order valence-corrected chi connectivity index (χ4v) is 3.02. The lowest BCUT2D eigenvalue weighted by atomic mass is 9.88. The summed E-state index contributed by atoms with van der Waals surface area (Å²) < 4.78 is 0. The van der Waals surface area contributed by atoms with E-state index in [1.165, 1.54) is 35.2 Å². The van der Waals surface area contributed by atoms with E-state index < -0.39 is 0 Å². The molecule has 0 saturated heterocycles. The summed E-state index contributed by atoms with van der Waals surface area (Å²) in [6, 6.07) is 18.3. The van der Waals surface area contributed by atoms with Crippen molar-refractivity contribution in [3.8, 4) is 0 Å². The highest BCUT2D eigenvalue weighted by Crippen LogP contribution is 2.24. The second kappa shape index (κ2) is 5.70. The molecule has 2 aromatic carbocycles. The quantitative estimate of drug-likeness (QED) is 0.842. The van der Waals surface area contributed by atoms with Gasteiger partial charge in [0, 0.05) is 11.7 Å². The normalized spacial score (nSPS) is 17.9. The Labute approximate surface area is 122 Å². The van der Waals surface area contributed by atoms with E-state index in [-0.39, 0.29) is 0 Å². The third kappa shape index (κ3) is 2.87. The minimum atomic E-state index is 0.565. The van der Waals surface area contributed by atoms with Crippen LogP contribution in [0.4, 0.5) is 5.69 Å². The predicted octanol–water partition coefficient (Wildman–Crippen LogP) is 4.78. The van der Waals surface area contributed by atoms with E-state index in [0.29, 0.717) is 12.0 Å². The summed E-state index contributed by atoms with van der Waals surface area (Å²) in [4.78, 5) is 0. The number of hydrogen-bond donors (Lipinski definition) is 1. The Bertz CT molecular complexity index is 569. The van der Waals surface area contributed by atoms with Gasteiger partial charge in [0.15, 0.2) is 0 Å². The number of aryl methyl sites for hydroxylation is 1. The Balaban J connectivity index is 1.67. The van der Waals surface area contributed by atoms with Crippen LogP contribution in [0.15, 0.2) is 48.5 Å². The van der Waals surface area contributed by atoms with Gasteiger partial charge in [0.1, 0.15) is 0 Å². The lowest BCUT2D eigenvalue weighted by Crippen LogP contribution is -2.27. The van der Waals surface area contributed by atoms with Crippen LogP contribution in [0.3, 0.4) is 0 Å². The third-order valence-electron chi connectivity index (χ3n) is 4.29. The van der Waals surface area contributed by atoms with Gasteiger partial charge in [-0.05, 0) is 54.0 Å². The number of fused-ring (bicyclic) bond motifs is 1. The Morgan fingerprint density at radius 1 is 0.950 bits per heavy atom. The average Bonchev–Trinajstić information content (AvgIpc) is 2.48. The van der Waals surface area contributed by atoms with Crippen LogP contribution in [0.2, 0.25) is 0 Å². The molecule has 3 rings (SSSR count). The van der Waals surface area contributed by atoms with Crippen molar-refractivity contribution in [1.82, 2.24) is 0 Å². The molecule has 1 heteroatoms. The van der Waals surface area contributed by atoms with Crippen molar-refractivity contribution in [2.24, 2.45) is 0 Å². The molecule has 104 valence electrons. The summed E-state index contributed by atoms with van der Waals surface area (Å²) >= 11 is 0. The predicted molar refractivity (Wildman–Crippen MR) is 86.4 cm³/mol. The zero-order valence-corrected chi connectivity index (χ0v) is 12.4. The maximum Gasteiger partial charge on any atom is 0.0342 e. The number of benzene rings is 2. The molecule has 0 radical (unpaired) electrons. The van der Waals surface area contributed by atoms with E-state index in [9.17, 15) is 0 Å². The molecule has 1 aliphatic carbocycles. The number of hydrogen-bond acceptors (Lipinski definition) is 1. The van der Waals surface area contributed by atoms with Gasteiger partial charge in [-0.3, -0.25) is 0 Å². The molecule has 0 spiro atoms. The highest BCUT2D eigenvalue weighted by Gasteiger charge is 2.17. The summed E-state index contributed by atoms with van der Waals surface area (Å²) in [5.74, 6) is 0.602. The molecule has 20 heavy (non-hydrogen) atoms. The lowest BCUT2D eigenvalue weighted by Gasteiger charge is -2.26. The minimum absolute atomic E-state index is 0.565. The first kappa shape index (κ1) is 13.2. The molecule has 2 aromatic rings. The Morgan fingerprint density at radius 2 is 1.65 bits per heavy atom. The molecule has 0 heterocycles. The van der Waals surface area contributed by atoms with Crippen molar-refractivity contribution in [3.63, 3.8) is 0 Å². The zero-order valence-electron chi connectivity index (χ0n) is 12.4. The lowest BCUT2D eigenvalue weighted by molar-refractivity contribution is 0.611. The zero-order chi connectivity index (χ0) is 13.9. The van der Waals surface area contributed by atoms with Crippen molar-refractivity contribution in [1.29, 1.82) is 0 Å². The molecule has 0 aromatic heterocycles. The second-order valence-electron chi connectivity index (χ2n) is 6.13. The molecular formula is C19H23N. The highest BCUT2D eigenvalue weighted by atomic mass is 14.9. The molecule has 1 aliphatic rings. The first-order chi connectivity index (χ1) is 9.72. The molecule has 0 saturated carbocycles. The summed E-state index contributed by atoms with van der Waals surface area (Å²) in [6.45, 7) is 4.47. The number of nitrogens with one attached hydrogen (secondary N) is 1. The fourth-order valence-electron chi connectivity index (χ4n) is 3.02. The Morgan fingerprint density at radius 3 is 2.35 bits per heavy atom. The van der Waals surface area contributed by atoms with Crippen LogP contribution >= 0.6 is 0 Å². The van der Waals surface area contributed by atoms with Crippen LogP contribution in [0.25, 0.3) is 0 Å². The second-order valence-corrected chi connectivity index (χ2v) is 6.13. The van der Waals surface area contributed by atoms with Gasteiger partial charge >= 0.3 is 0 Å². The number of rotatable bonds is 3. The smallest absolute Gasteiger partial charge is 0.0342 e. The maximum absolute atomic E-state index is 3.69. The van der Waals surface area contributed by atoms with E-state index in [0.717, 1.165) is 6.42 Å². The summed E-state index contributed by atoms with van der Waals surface area (Å²) in [5.41, 5.74) is 5.69. The molecular weight excluding hydrogens is 242 g/mol. The maximum atomic E-state index is 3.69. The molecule has 0 aliphatic heterocycles. The van der Waals surface area contributed by atoms with E-state index in [1.807, 2.05) is 0 Å². The Kier molecular flexibility index (Phi) is 3.77. The summed E-state index contributed by atoms with van der Waals surface area (Å²) in [6.07, 6.45) is 3.56. The monoisotopic (exact) mass is 265 g/mol. The molecule has 1 nitrogen and oxygen atoms in total. The standard InChI is InChI=1S/C19H23N/c1-14(2)15-7-10-18(11-8-15)20-19-12-9-16-5-3-4-6-17(16)13-19/h3-8,10-11,14,19-20H,9,12-13H2,1-2H3. The largest absolute Gasteiger partial charge is 0.382 e.